The summed E-state index contributed by atoms with van der Waals surface area (Å²) >= 11 is 0. The summed E-state index contributed by atoms with van der Waals surface area (Å²) in [5, 5.41) is 2.57. The van der Waals surface area contributed by atoms with Gasteiger partial charge in [-0.1, -0.05) is 42.5 Å². The summed E-state index contributed by atoms with van der Waals surface area (Å²) < 4.78 is 10.8. The summed E-state index contributed by atoms with van der Waals surface area (Å²) in [7, 11) is 5.39. The van der Waals surface area contributed by atoms with E-state index in [0.29, 0.717) is 24.5 Å². The van der Waals surface area contributed by atoms with E-state index >= 15 is 0 Å². The van der Waals surface area contributed by atoms with E-state index in [4.69, 9.17) is 9.47 Å². The summed E-state index contributed by atoms with van der Waals surface area (Å²) in [6.07, 6.45) is 5.13. The molecule has 0 spiro atoms. The van der Waals surface area contributed by atoms with Gasteiger partial charge in [0.05, 0.1) is 20.6 Å². The van der Waals surface area contributed by atoms with E-state index in [1.807, 2.05) is 29.3 Å². The van der Waals surface area contributed by atoms with Crippen LogP contribution in [-0.2, 0) is 11.2 Å². The van der Waals surface area contributed by atoms with Crippen LogP contribution in [0.3, 0.4) is 0 Å². The fourth-order valence-electron chi connectivity index (χ4n) is 4.50. The topological polar surface area (TPSA) is 42.0 Å². The Morgan fingerprint density at radius 3 is 2.55 bits per heavy atom. The van der Waals surface area contributed by atoms with Crippen molar-refractivity contribution in [3.63, 3.8) is 0 Å². The minimum absolute atomic E-state index is 0.0991. The minimum atomic E-state index is 0.0991. The van der Waals surface area contributed by atoms with Gasteiger partial charge in [-0.15, -0.1) is 0 Å². The number of carbonyl (C=O) groups excluding carboxylic acids is 1. The van der Waals surface area contributed by atoms with E-state index < -0.39 is 0 Å². The molecule has 5 nitrogen and oxygen atoms in total. The van der Waals surface area contributed by atoms with Gasteiger partial charge in [0.1, 0.15) is 0 Å². The van der Waals surface area contributed by atoms with Crippen LogP contribution in [0.1, 0.15) is 36.1 Å². The third-order valence-electron chi connectivity index (χ3n) is 6.59. The Morgan fingerprint density at radius 1 is 1.03 bits per heavy atom. The lowest BCUT2D eigenvalue weighted by atomic mass is 9.99. The number of fused-ring (bicyclic) bond motifs is 2. The molecule has 0 radical (unpaired) electrons. The molecule has 3 aromatic carbocycles. The van der Waals surface area contributed by atoms with E-state index in [9.17, 15) is 4.79 Å². The van der Waals surface area contributed by atoms with Crippen molar-refractivity contribution in [1.82, 2.24) is 9.80 Å². The largest absolute Gasteiger partial charge is 0.493 e. The molecule has 4 rings (SSSR count). The second-order valence-electron chi connectivity index (χ2n) is 8.56. The van der Waals surface area contributed by atoms with Crippen molar-refractivity contribution in [2.24, 2.45) is 0 Å². The maximum absolute atomic E-state index is 12.9. The first-order chi connectivity index (χ1) is 16.0. The lowest BCUT2D eigenvalue weighted by Crippen LogP contribution is -2.31. The van der Waals surface area contributed by atoms with Crippen LogP contribution in [0.25, 0.3) is 16.8 Å². The highest BCUT2D eigenvalue weighted by molar-refractivity contribution is 5.86. The molecule has 1 heterocycles. The quantitative estimate of drug-likeness (QED) is 0.473. The molecule has 1 unspecified atom stereocenters. The van der Waals surface area contributed by atoms with Crippen LogP contribution in [0.4, 0.5) is 0 Å². The number of amides is 1. The molecule has 0 saturated heterocycles. The summed E-state index contributed by atoms with van der Waals surface area (Å²) in [5.74, 6) is 1.42. The molecular formula is C28H32N2O3. The first-order valence-electron chi connectivity index (χ1n) is 11.4. The number of methoxy groups -OCH3 is 2. The first kappa shape index (κ1) is 22.9. The molecule has 5 heteroatoms. The summed E-state index contributed by atoms with van der Waals surface area (Å²) in [6.45, 7) is 3.83. The standard InChI is InChI=1S/C28H32N2O3/c1-20(24-12-7-10-21-9-5-6-11-25(21)24)29(2)14-8-15-30-16-13-22-17-26(32-3)27(33-4)18-23(22)19-28(30)31/h5-7,9-13,16-18,20H,8,14-15,19H2,1-4H3. The molecule has 172 valence electrons. The van der Waals surface area contributed by atoms with Crippen molar-refractivity contribution < 1.29 is 14.3 Å². The highest BCUT2D eigenvalue weighted by Gasteiger charge is 2.20. The molecular weight excluding hydrogens is 412 g/mol. The van der Waals surface area contributed by atoms with Crippen molar-refractivity contribution in [2.75, 3.05) is 34.4 Å². The van der Waals surface area contributed by atoms with Crippen molar-refractivity contribution in [1.29, 1.82) is 0 Å². The Bertz CT molecular complexity index is 1170. The fourth-order valence-corrected chi connectivity index (χ4v) is 4.50. The molecule has 0 saturated carbocycles. The number of hydrogen-bond acceptors (Lipinski definition) is 4. The first-order valence-corrected chi connectivity index (χ1v) is 11.4. The van der Waals surface area contributed by atoms with Gasteiger partial charge in [0, 0.05) is 25.3 Å². The second kappa shape index (κ2) is 10.1. The number of ether oxygens (including phenoxy) is 2. The normalized spacial score (nSPS) is 14.3. The van der Waals surface area contributed by atoms with Gasteiger partial charge in [-0.2, -0.15) is 0 Å². The van der Waals surface area contributed by atoms with E-state index in [-0.39, 0.29) is 11.9 Å². The average molecular weight is 445 g/mol. The lowest BCUT2D eigenvalue weighted by molar-refractivity contribution is -0.127. The van der Waals surface area contributed by atoms with Gasteiger partial charge in [-0.25, -0.2) is 0 Å². The second-order valence-corrected chi connectivity index (χ2v) is 8.56. The molecule has 0 bridgehead atoms. The molecule has 0 aliphatic carbocycles. The highest BCUT2D eigenvalue weighted by atomic mass is 16.5. The van der Waals surface area contributed by atoms with Crippen LogP contribution in [0.15, 0.2) is 60.8 Å². The predicted octanol–water partition coefficient (Wildman–Crippen LogP) is 5.30. The third kappa shape index (κ3) is 4.88. The van der Waals surface area contributed by atoms with Crippen LogP contribution in [0, 0.1) is 0 Å². The van der Waals surface area contributed by atoms with Crippen LogP contribution in [-0.4, -0.2) is 50.1 Å². The monoisotopic (exact) mass is 444 g/mol. The maximum Gasteiger partial charge on any atom is 0.230 e. The smallest absolute Gasteiger partial charge is 0.230 e. The molecule has 3 aromatic rings. The maximum atomic E-state index is 12.9. The molecule has 0 N–H and O–H groups in total. The third-order valence-corrected chi connectivity index (χ3v) is 6.59. The van der Waals surface area contributed by atoms with Crippen molar-refractivity contribution in [3.05, 3.63) is 77.5 Å². The zero-order valence-electron chi connectivity index (χ0n) is 19.9. The van der Waals surface area contributed by atoms with Crippen molar-refractivity contribution in [2.45, 2.75) is 25.8 Å². The van der Waals surface area contributed by atoms with Gasteiger partial charge in [0.2, 0.25) is 5.91 Å². The molecule has 33 heavy (non-hydrogen) atoms. The van der Waals surface area contributed by atoms with E-state index in [1.165, 1.54) is 16.3 Å². The van der Waals surface area contributed by atoms with Crippen LogP contribution >= 0.6 is 0 Å². The molecule has 1 aliphatic heterocycles. The van der Waals surface area contributed by atoms with Gasteiger partial charge in [-0.05, 0) is 66.1 Å². The molecule has 1 atom stereocenters. The predicted molar refractivity (Wildman–Crippen MR) is 134 cm³/mol. The number of benzene rings is 3. The van der Waals surface area contributed by atoms with Crippen LogP contribution in [0.5, 0.6) is 11.5 Å². The molecule has 1 aliphatic rings. The fraction of sp³-hybridized carbons (Fsp3) is 0.321. The van der Waals surface area contributed by atoms with Crippen molar-refractivity contribution in [3.8, 4) is 11.5 Å². The number of nitrogens with zero attached hydrogens (tertiary/aromatic N) is 2. The zero-order valence-corrected chi connectivity index (χ0v) is 19.9. The Kier molecular flexibility index (Phi) is 6.99. The van der Waals surface area contributed by atoms with Gasteiger partial charge in [0.15, 0.2) is 11.5 Å². The summed E-state index contributed by atoms with van der Waals surface area (Å²) in [4.78, 5) is 17.1. The highest BCUT2D eigenvalue weighted by Crippen LogP contribution is 2.33. The Morgan fingerprint density at radius 2 is 1.76 bits per heavy atom. The molecule has 0 aromatic heterocycles. The molecule has 1 amide bonds. The minimum Gasteiger partial charge on any atom is -0.493 e. The van der Waals surface area contributed by atoms with E-state index in [0.717, 1.165) is 24.1 Å². The van der Waals surface area contributed by atoms with Gasteiger partial charge < -0.3 is 14.4 Å². The van der Waals surface area contributed by atoms with Gasteiger partial charge in [-0.3, -0.25) is 9.69 Å². The number of carbonyl (C=O) groups is 1. The van der Waals surface area contributed by atoms with Crippen LogP contribution in [0.2, 0.25) is 0 Å². The average Bonchev–Trinajstić information content (AvgIpc) is 2.99. The summed E-state index contributed by atoms with van der Waals surface area (Å²) in [5.41, 5.74) is 3.28. The Hall–Kier alpha value is -3.31. The number of hydrogen-bond donors (Lipinski definition) is 0. The SMILES string of the molecule is COc1cc2c(cc1OC)CC(=O)N(CCCN(C)C(C)c1cccc3ccccc13)C=C2. The van der Waals surface area contributed by atoms with Crippen molar-refractivity contribution >= 4 is 22.8 Å². The molecule has 0 fully saturated rings. The Balaban J connectivity index is 1.39. The van der Waals surface area contributed by atoms with Crippen LogP contribution < -0.4 is 9.47 Å². The lowest BCUT2D eigenvalue weighted by Gasteiger charge is -2.27. The summed E-state index contributed by atoms with van der Waals surface area (Å²) in [6, 6.07) is 19.1. The number of rotatable bonds is 8. The van der Waals surface area contributed by atoms with Gasteiger partial charge in [0.25, 0.3) is 0 Å². The zero-order chi connectivity index (χ0) is 23.4. The van der Waals surface area contributed by atoms with E-state index in [1.54, 1.807) is 14.2 Å². The van der Waals surface area contributed by atoms with Gasteiger partial charge >= 0.3 is 0 Å². The van der Waals surface area contributed by atoms with E-state index in [2.05, 4.69) is 61.3 Å². The Labute approximate surface area is 196 Å².